The summed E-state index contributed by atoms with van der Waals surface area (Å²) >= 11 is 3.29. The van der Waals surface area contributed by atoms with Crippen molar-refractivity contribution in [3.8, 4) is 0 Å². The molecule has 110 valence electrons. The van der Waals surface area contributed by atoms with E-state index in [0.717, 1.165) is 12.1 Å². The lowest BCUT2D eigenvalue weighted by Crippen LogP contribution is -2.14. The van der Waals surface area contributed by atoms with Crippen LogP contribution in [0.1, 0.15) is 17.3 Å². The number of benzene rings is 2. The number of hydrogen-bond acceptors (Lipinski definition) is 2. The average Bonchev–Trinajstić information content (AvgIpc) is 2.45. The van der Waals surface area contributed by atoms with E-state index < -0.39 is 17.5 Å². The SMILES string of the molecule is CCNc1c(F)cc(C(=O)Nc2ccccc2Br)cc1F. The minimum Gasteiger partial charge on any atom is -0.381 e. The molecule has 0 saturated heterocycles. The first-order valence-corrected chi connectivity index (χ1v) is 7.11. The lowest BCUT2D eigenvalue weighted by molar-refractivity contribution is 0.102. The number of carbonyl (C=O) groups excluding carboxylic acids is 1. The first kappa shape index (κ1) is 15.4. The highest BCUT2D eigenvalue weighted by molar-refractivity contribution is 9.10. The molecule has 0 aliphatic carbocycles. The topological polar surface area (TPSA) is 41.1 Å². The third-order valence-corrected chi connectivity index (χ3v) is 3.47. The Labute approximate surface area is 129 Å². The number of carbonyl (C=O) groups is 1. The van der Waals surface area contributed by atoms with Crippen LogP contribution in [0.3, 0.4) is 0 Å². The van der Waals surface area contributed by atoms with Crippen molar-refractivity contribution in [2.45, 2.75) is 6.92 Å². The van der Waals surface area contributed by atoms with Crippen molar-refractivity contribution in [2.75, 3.05) is 17.2 Å². The summed E-state index contributed by atoms with van der Waals surface area (Å²) in [5.74, 6) is -2.17. The van der Waals surface area contributed by atoms with E-state index in [1.165, 1.54) is 0 Å². The van der Waals surface area contributed by atoms with Gasteiger partial charge in [-0.05, 0) is 47.1 Å². The molecule has 0 aliphatic heterocycles. The lowest BCUT2D eigenvalue weighted by Gasteiger charge is -2.10. The maximum atomic E-state index is 13.8. The molecule has 21 heavy (non-hydrogen) atoms. The maximum Gasteiger partial charge on any atom is 0.255 e. The largest absolute Gasteiger partial charge is 0.381 e. The molecule has 0 atom stereocenters. The maximum absolute atomic E-state index is 13.8. The standard InChI is InChI=1S/C15H13BrF2N2O/c1-2-19-14-11(17)7-9(8-12(14)18)15(21)20-13-6-4-3-5-10(13)16/h3-8,19H,2H2,1H3,(H,20,21). The zero-order chi connectivity index (χ0) is 15.4. The molecule has 0 aromatic heterocycles. The van der Waals surface area contributed by atoms with Gasteiger partial charge in [-0.1, -0.05) is 12.1 Å². The van der Waals surface area contributed by atoms with E-state index in [4.69, 9.17) is 0 Å². The Morgan fingerprint density at radius 3 is 2.38 bits per heavy atom. The molecule has 0 bridgehead atoms. The van der Waals surface area contributed by atoms with Crippen LogP contribution in [0.4, 0.5) is 20.2 Å². The van der Waals surface area contributed by atoms with Gasteiger partial charge in [0.2, 0.25) is 0 Å². The second-order valence-electron chi connectivity index (χ2n) is 4.28. The number of amides is 1. The van der Waals surface area contributed by atoms with Crippen LogP contribution in [0.25, 0.3) is 0 Å². The van der Waals surface area contributed by atoms with Gasteiger partial charge in [0.15, 0.2) is 0 Å². The fourth-order valence-corrected chi connectivity index (χ4v) is 2.19. The molecule has 0 heterocycles. The highest BCUT2D eigenvalue weighted by Crippen LogP contribution is 2.24. The van der Waals surface area contributed by atoms with Crippen molar-refractivity contribution >= 4 is 33.2 Å². The molecule has 2 aromatic rings. The highest BCUT2D eigenvalue weighted by atomic mass is 79.9. The third-order valence-electron chi connectivity index (χ3n) is 2.78. The predicted molar refractivity (Wildman–Crippen MR) is 82.6 cm³/mol. The van der Waals surface area contributed by atoms with Crippen LogP contribution in [-0.2, 0) is 0 Å². The summed E-state index contributed by atoms with van der Waals surface area (Å²) in [5, 5.41) is 5.17. The van der Waals surface area contributed by atoms with E-state index in [2.05, 4.69) is 26.6 Å². The summed E-state index contributed by atoms with van der Waals surface area (Å²) in [5.41, 5.74) is 0.219. The molecule has 2 rings (SSSR count). The Morgan fingerprint density at radius 2 is 1.81 bits per heavy atom. The Hall–Kier alpha value is -1.95. The molecule has 6 heteroatoms. The zero-order valence-corrected chi connectivity index (χ0v) is 12.8. The third kappa shape index (κ3) is 3.58. The number of nitrogens with one attached hydrogen (secondary N) is 2. The normalized spacial score (nSPS) is 10.3. The summed E-state index contributed by atoms with van der Waals surface area (Å²) in [6.07, 6.45) is 0. The number of para-hydroxylation sites is 1. The monoisotopic (exact) mass is 354 g/mol. The Kier molecular flexibility index (Phi) is 4.90. The second kappa shape index (κ2) is 6.67. The Morgan fingerprint density at radius 1 is 1.19 bits per heavy atom. The van der Waals surface area contributed by atoms with Crippen LogP contribution in [0, 0.1) is 11.6 Å². The van der Waals surface area contributed by atoms with Gasteiger partial charge in [0, 0.05) is 16.6 Å². The van der Waals surface area contributed by atoms with Gasteiger partial charge in [0.1, 0.15) is 17.3 Å². The molecule has 2 N–H and O–H groups in total. The molecular weight excluding hydrogens is 342 g/mol. The summed E-state index contributed by atoms with van der Waals surface area (Å²) in [6, 6.07) is 8.99. The van der Waals surface area contributed by atoms with Crippen LogP contribution < -0.4 is 10.6 Å². The summed E-state index contributed by atoms with van der Waals surface area (Å²) in [7, 11) is 0. The quantitative estimate of drug-likeness (QED) is 0.853. The molecule has 0 spiro atoms. The molecule has 2 aromatic carbocycles. The summed E-state index contributed by atoms with van der Waals surface area (Å²) in [4.78, 5) is 12.1. The van der Waals surface area contributed by atoms with Crippen LogP contribution in [0.5, 0.6) is 0 Å². The van der Waals surface area contributed by atoms with E-state index in [9.17, 15) is 13.6 Å². The van der Waals surface area contributed by atoms with Gasteiger partial charge >= 0.3 is 0 Å². The molecule has 0 saturated carbocycles. The first-order chi connectivity index (χ1) is 10.0. The van der Waals surface area contributed by atoms with Gasteiger partial charge in [0.25, 0.3) is 5.91 Å². The van der Waals surface area contributed by atoms with Crippen molar-refractivity contribution < 1.29 is 13.6 Å². The molecular formula is C15H13BrF2N2O. The fourth-order valence-electron chi connectivity index (χ4n) is 1.81. The van der Waals surface area contributed by atoms with E-state index in [0.29, 0.717) is 16.7 Å². The van der Waals surface area contributed by atoms with Crippen LogP contribution in [-0.4, -0.2) is 12.5 Å². The average molecular weight is 355 g/mol. The van der Waals surface area contributed by atoms with Crippen molar-refractivity contribution in [3.05, 3.63) is 58.1 Å². The predicted octanol–water partition coefficient (Wildman–Crippen LogP) is 4.41. The number of rotatable bonds is 4. The minimum absolute atomic E-state index is 0.0811. The van der Waals surface area contributed by atoms with E-state index >= 15 is 0 Å². The lowest BCUT2D eigenvalue weighted by atomic mass is 10.1. The van der Waals surface area contributed by atoms with Gasteiger partial charge < -0.3 is 10.6 Å². The molecule has 0 aliphatic rings. The van der Waals surface area contributed by atoms with Gasteiger partial charge in [-0.2, -0.15) is 0 Å². The number of halogens is 3. The van der Waals surface area contributed by atoms with E-state index in [-0.39, 0.29) is 11.3 Å². The van der Waals surface area contributed by atoms with Crippen LogP contribution >= 0.6 is 15.9 Å². The van der Waals surface area contributed by atoms with Gasteiger partial charge in [-0.25, -0.2) is 8.78 Å². The molecule has 3 nitrogen and oxygen atoms in total. The van der Waals surface area contributed by atoms with Crippen molar-refractivity contribution in [2.24, 2.45) is 0 Å². The summed E-state index contributed by atoms with van der Waals surface area (Å²) in [6.45, 7) is 2.11. The van der Waals surface area contributed by atoms with E-state index in [1.807, 2.05) is 0 Å². The summed E-state index contributed by atoms with van der Waals surface area (Å²) < 4.78 is 28.3. The Balaban J connectivity index is 2.26. The van der Waals surface area contributed by atoms with Gasteiger partial charge in [0.05, 0.1) is 5.69 Å². The second-order valence-corrected chi connectivity index (χ2v) is 5.13. The van der Waals surface area contributed by atoms with Crippen molar-refractivity contribution in [1.82, 2.24) is 0 Å². The van der Waals surface area contributed by atoms with Gasteiger partial charge in [-0.15, -0.1) is 0 Å². The van der Waals surface area contributed by atoms with Crippen molar-refractivity contribution in [3.63, 3.8) is 0 Å². The fraction of sp³-hybridized carbons (Fsp3) is 0.133. The molecule has 1 amide bonds. The molecule has 0 radical (unpaired) electrons. The van der Waals surface area contributed by atoms with Gasteiger partial charge in [-0.3, -0.25) is 4.79 Å². The molecule has 0 unspecified atom stereocenters. The zero-order valence-electron chi connectivity index (χ0n) is 11.2. The highest BCUT2D eigenvalue weighted by Gasteiger charge is 2.15. The van der Waals surface area contributed by atoms with Crippen LogP contribution in [0.15, 0.2) is 40.9 Å². The Bertz CT molecular complexity index is 653. The van der Waals surface area contributed by atoms with Crippen molar-refractivity contribution in [1.29, 1.82) is 0 Å². The smallest absolute Gasteiger partial charge is 0.255 e. The number of anilines is 2. The van der Waals surface area contributed by atoms with Crippen LogP contribution in [0.2, 0.25) is 0 Å². The minimum atomic E-state index is -0.797. The van der Waals surface area contributed by atoms with E-state index in [1.54, 1.807) is 31.2 Å². The number of hydrogen-bond donors (Lipinski definition) is 2. The molecule has 0 fully saturated rings. The first-order valence-electron chi connectivity index (χ1n) is 6.31.